The number of carbonyl (C=O) groups is 1. The van der Waals surface area contributed by atoms with Gasteiger partial charge in [-0.15, -0.1) is 12.6 Å². The van der Waals surface area contributed by atoms with Crippen LogP contribution < -0.4 is 0 Å². The molecule has 2 aromatic carbocycles. The van der Waals surface area contributed by atoms with Gasteiger partial charge in [0.25, 0.3) is 0 Å². The van der Waals surface area contributed by atoms with Gasteiger partial charge in [0.1, 0.15) is 0 Å². The van der Waals surface area contributed by atoms with E-state index in [0.29, 0.717) is 22.2 Å². The number of imidazole rings is 1. The third-order valence-corrected chi connectivity index (χ3v) is 4.66. The molecule has 0 saturated carbocycles. The summed E-state index contributed by atoms with van der Waals surface area (Å²) in [6, 6.07) is 12.8. The van der Waals surface area contributed by atoms with Gasteiger partial charge < -0.3 is 4.57 Å². The fraction of sp³-hybridized carbons (Fsp3) is 0.111. The molecule has 1 unspecified atom stereocenters. The first kappa shape index (κ1) is 17.1. The predicted octanol–water partition coefficient (Wildman–Crippen LogP) is 5.09. The molecule has 0 radical (unpaired) electrons. The number of thiol groups is 1. The zero-order chi connectivity index (χ0) is 17.1. The number of hydrogen-bond donors (Lipinski definition) is 1. The lowest BCUT2D eigenvalue weighted by molar-refractivity contribution is 0.109. The normalized spacial score (nSPS) is 12.1. The molecule has 0 aliphatic heterocycles. The Balaban J connectivity index is 2.14. The number of rotatable bonds is 5. The Morgan fingerprint density at radius 3 is 2.62 bits per heavy atom. The van der Waals surface area contributed by atoms with E-state index in [1.54, 1.807) is 30.7 Å². The lowest BCUT2D eigenvalue weighted by Crippen LogP contribution is -2.13. The summed E-state index contributed by atoms with van der Waals surface area (Å²) < 4.78 is 1.95. The summed E-state index contributed by atoms with van der Waals surface area (Å²) in [7, 11) is 0. The minimum atomic E-state index is -0.272. The van der Waals surface area contributed by atoms with Gasteiger partial charge in [0.05, 0.1) is 6.33 Å². The Kier molecular flexibility index (Phi) is 5.29. The van der Waals surface area contributed by atoms with Crippen molar-refractivity contribution in [2.45, 2.75) is 12.5 Å². The van der Waals surface area contributed by atoms with Crippen LogP contribution in [0.5, 0.6) is 0 Å². The van der Waals surface area contributed by atoms with Crippen LogP contribution in [-0.2, 0) is 6.54 Å². The van der Waals surface area contributed by atoms with Crippen LogP contribution in [-0.4, -0.2) is 14.7 Å². The number of aromatic nitrogens is 2. The van der Waals surface area contributed by atoms with Crippen LogP contribution in [0.4, 0.5) is 0 Å². The second-order valence-electron chi connectivity index (χ2n) is 5.37. The van der Waals surface area contributed by atoms with E-state index in [9.17, 15) is 4.79 Å². The van der Waals surface area contributed by atoms with Gasteiger partial charge in [0, 0.05) is 40.5 Å². The monoisotopic (exact) mass is 376 g/mol. The van der Waals surface area contributed by atoms with E-state index >= 15 is 0 Å². The van der Waals surface area contributed by atoms with Crippen LogP contribution in [0.3, 0.4) is 0 Å². The summed E-state index contributed by atoms with van der Waals surface area (Å²) in [4.78, 5) is 16.0. The van der Waals surface area contributed by atoms with Gasteiger partial charge in [-0.2, -0.15) is 0 Å². The van der Waals surface area contributed by atoms with Crippen LogP contribution in [0.15, 0.2) is 61.2 Å². The van der Waals surface area contributed by atoms with Crippen molar-refractivity contribution in [1.29, 1.82) is 0 Å². The molecule has 1 heterocycles. The van der Waals surface area contributed by atoms with E-state index in [4.69, 9.17) is 23.2 Å². The molecule has 3 aromatic rings. The van der Waals surface area contributed by atoms with E-state index in [2.05, 4.69) is 17.6 Å². The van der Waals surface area contributed by atoms with E-state index in [0.717, 1.165) is 11.1 Å². The molecule has 0 spiro atoms. The maximum Gasteiger partial charge on any atom is 0.216 e. The molecule has 24 heavy (non-hydrogen) atoms. The van der Waals surface area contributed by atoms with Crippen molar-refractivity contribution in [3.8, 4) is 0 Å². The Bertz CT molecular complexity index is 865. The number of carbonyl (C=O) groups excluding carboxylic acids is 1. The lowest BCUT2D eigenvalue weighted by Gasteiger charge is -2.22. The van der Waals surface area contributed by atoms with Crippen molar-refractivity contribution < 1.29 is 4.79 Å². The highest BCUT2D eigenvalue weighted by Crippen LogP contribution is 2.35. The van der Waals surface area contributed by atoms with E-state index in [1.807, 2.05) is 35.0 Å². The fourth-order valence-electron chi connectivity index (χ4n) is 2.75. The van der Waals surface area contributed by atoms with Gasteiger partial charge in [-0.3, -0.25) is 4.79 Å². The van der Waals surface area contributed by atoms with Crippen molar-refractivity contribution in [1.82, 2.24) is 9.55 Å². The largest absolute Gasteiger partial charge is 0.337 e. The van der Waals surface area contributed by atoms with Gasteiger partial charge in [0.2, 0.25) is 5.12 Å². The molecule has 122 valence electrons. The molecule has 1 aromatic heterocycles. The average molecular weight is 377 g/mol. The van der Waals surface area contributed by atoms with Crippen LogP contribution in [0.2, 0.25) is 10.0 Å². The van der Waals surface area contributed by atoms with Crippen molar-refractivity contribution in [3.63, 3.8) is 0 Å². The van der Waals surface area contributed by atoms with Crippen molar-refractivity contribution in [3.05, 3.63) is 87.9 Å². The summed E-state index contributed by atoms with van der Waals surface area (Å²) in [5.74, 6) is -0.128. The topological polar surface area (TPSA) is 34.9 Å². The maximum atomic E-state index is 11.9. The van der Waals surface area contributed by atoms with Gasteiger partial charge in [-0.25, -0.2) is 4.98 Å². The van der Waals surface area contributed by atoms with Crippen LogP contribution >= 0.6 is 35.8 Å². The highest BCUT2D eigenvalue weighted by atomic mass is 35.5. The van der Waals surface area contributed by atoms with Gasteiger partial charge in [0.15, 0.2) is 0 Å². The molecule has 0 aliphatic carbocycles. The molecule has 3 rings (SSSR count). The smallest absolute Gasteiger partial charge is 0.216 e. The summed E-state index contributed by atoms with van der Waals surface area (Å²) >= 11 is 16.5. The lowest BCUT2D eigenvalue weighted by atomic mass is 9.88. The second kappa shape index (κ2) is 7.43. The minimum absolute atomic E-state index is 0.128. The third kappa shape index (κ3) is 3.66. The average Bonchev–Trinajstić information content (AvgIpc) is 3.06. The number of nitrogens with zero attached hydrogens (tertiary/aromatic N) is 2. The maximum absolute atomic E-state index is 11.9. The number of benzene rings is 2. The summed E-state index contributed by atoms with van der Waals surface area (Å²) in [6.45, 7) is 0.597. The third-order valence-electron chi connectivity index (χ3n) is 3.86. The van der Waals surface area contributed by atoms with Crippen molar-refractivity contribution >= 4 is 40.9 Å². The first-order chi connectivity index (χ1) is 11.6. The standard InChI is InChI=1S/C18H14Cl2N2OS/c19-12-5-6-14(17(20)9-12)16(10-22-8-7-21-11-22)13-3-1-2-4-15(13)18(23)24/h1-9,11,16H,10H2,(H,23,24). The molecule has 0 fully saturated rings. The Morgan fingerprint density at radius 2 is 1.96 bits per heavy atom. The van der Waals surface area contributed by atoms with E-state index in [-0.39, 0.29) is 11.0 Å². The summed E-state index contributed by atoms with van der Waals surface area (Å²) in [5.41, 5.74) is 2.34. The van der Waals surface area contributed by atoms with Crippen molar-refractivity contribution in [2.75, 3.05) is 0 Å². The molecule has 6 heteroatoms. The van der Waals surface area contributed by atoms with Crippen LogP contribution in [0.25, 0.3) is 0 Å². The molecule has 0 bridgehead atoms. The van der Waals surface area contributed by atoms with Gasteiger partial charge in [-0.1, -0.05) is 53.5 Å². The van der Waals surface area contributed by atoms with Gasteiger partial charge in [-0.05, 0) is 23.3 Å². The molecule has 0 aliphatic rings. The van der Waals surface area contributed by atoms with Crippen molar-refractivity contribution in [2.24, 2.45) is 0 Å². The Labute approximate surface area is 155 Å². The molecule has 0 N–H and O–H groups in total. The molecule has 3 nitrogen and oxygen atoms in total. The Hall–Kier alpha value is -1.75. The SMILES string of the molecule is O=C(S)c1ccccc1C(Cn1ccnc1)c1ccc(Cl)cc1Cl. The van der Waals surface area contributed by atoms with Crippen LogP contribution in [0, 0.1) is 0 Å². The Morgan fingerprint density at radius 1 is 1.17 bits per heavy atom. The second-order valence-corrected chi connectivity index (χ2v) is 6.62. The van der Waals surface area contributed by atoms with Gasteiger partial charge >= 0.3 is 0 Å². The highest BCUT2D eigenvalue weighted by molar-refractivity contribution is 7.97. The highest BCUT2D eigenvalue weighted by Gasteiger charge is 2.22. The zero-order valence-electron chi connectivity index (χ0n) is 12.6. The molecule has 0 saturated heterocycles. The number of halogens is 2. The molecular formula is C18H14Cl2N2OS. The summed E-state index contributed by atoms with van der Waals surface area (Å²) in [6.07, 6.45) is 5.33. The molecule has 0 amide bonds. The minimum Gasteiger partial charge on any atom is -0.337 e. The molecule has 1 atom stereocenters. The van der Waals surface area contributed by atoms with Crippen LogP contribution in [0.1, 0.15) is 27.4 Å². The molecular weight excluding hydrogens is 363 g/mol. The first-order valence-electron chi connectivity index (χ1n) is 7.29. The van der Waals surface area contributed by atoms with E-state index < -0.39 is 0 Å². The fourth-order valence-corrected chi connectivity index (χ4v) is 3.49. The first-order valence-corrected chi connectivity index (χ1v) is 8.49. The quantitative estimate of drug-likeness (QED) is 0.629. The van der Waals surface area contributed by atoms with E-state index in [1.165, 1.54) is 0 Å². The number of hydrogen-bond acceptors (Lipinski definition) is 2. The zero-order valence-corrected chi connectivity index (χ0v) is 15.0. The predicted molar refractivity (Wildman–Crippen MR) is 100 cm³/mol. The summed E-state index contributed by atoms with van der Waals surface area (Å²) in [5, 5.41) is 0.865.